The van der Waals surface area contributed by atoms with E-state index in [-0.39, 0.29) is 23.5 Å². The van der Waals surface area contributed by atoms with Crippen LogP contribution in [0.4, 0.5) is 5.69 Å². The summed E-state index contributed by atoms with van der Waals surface area (Å²) in [4.78, 5) is 12.9. The number of hydrogen-bond donors (Lipinski definition) is 2. The quantitative estimate of drug-likeness (QED) is 0.669. The summed E-state index contributed by atoms with van der Waals surface area (Å²) in [7, 11) is -3.79. The number of nitrogens with zero attached hydrogens (tertiary/aromatic N) is 2. The Labute approximate surface area is 168 Å². The summed E-state index contributed by atoms with van der Waals surface area (Å²) in [6.07, 6.45) is 1.65. The first-order chi connectivity index (χ1) is 14.1. The monoisotopic (exact) mass is 412 g/mol. The fourth-order valence-electron chi connectivity index (χ4n) is 3.18. The van der Waals surface area contributed by atoms with Crippen molar-refractivity contribution in [3.8, 4) is 11.3 Å². The smallest absolute Gasteiger partial charge is 0.257 e. The van der Waals surface area contributed by atoms with E-state index < -0.39 is 15.9 Å². The summed E-state index contributed by atoms with van der Waals surface area (Å²) in [6.45, 7) is 1.22. The Morgan fingerprint density at radius 1 is 1.07 bits per heavy atom. The number of amides is 1. The fraction of sp³-hybridized carbons (Fsp3) is 0.200. The maximum absolute atomic E-state index is 13.1. The number of rotatable bonds is 5. The third kappa shape index (κ3) is 4.07. The van der Waals surface area contributed by atoms with Gasteiger partial charge in [-0.25, -0.2) is 8.42 Å². The van der Waals surface area contributed by atoms with Gasteiger partial charge in [0.05, 0.1) is 29.4 Å². The number of hydrogen-bond acceptors (Lipinski definition) is 5. The first kappa shape index (κ1) is 19.3. The summed E-state index contributed by atoms with van der Waals surface area (Å²) in [6, 6.07) is 15.3. The number of benzene rings is 2. The maximum atomic E-state index is 13.1. The molecule has 1 fully saturated rings. The van der Waals surface area contributed by atoms with Crippen molar-refractivity contribution in [3.63, 3.8) is 0 Å². The van der Waals surface area contributed by atoms with Gasteiger partial charge in [-0.2, -0.15) is 9.40 Å². The van der Waals surface area contributed by atoms with Gasteiger partial charge in [-0.1, -0.05) is 24.3 Å². The van der Waals surface area contributed by atoms with Crippen LogP contribution in [0.1, 0.15) is 10.4 Å². The van der Waals surface area contributed by atoms with E-state index in [9.17, 15) is 13.2 Å². The molecule has 29 heavy (non-hydrogen) atoms. The minimum atomic E-state index is -3.79. The molecule has 1 aromatic heterocycles. The van der Waals surface area contributed by atoms with E-state index >= 15 is 0 Å². The summed E-state index contributed by atoms with van der Waals surface area (Å²) in [5, 5.41) is 9.60. The van der Waals surface area contributed by atoms with Crippen molar-refractivity contribution in [3.05, 3.63) is 66.4 Å². The molecule has 0 saturated carbocycles. The van der Waals surface area contributed by atoms with Crippen LogP contribution in [0.3, 0.4) is 0 Å². The Morgan fingerprint density at radius 3 is 2.62 bits per heavy atom. The molecule has 9 heteroatoms. The van der Waals surface area contributed by atoms with Crippen molar-refractivity contribution < 1.29 is 17.9 Å². The van der Waals surface area contributed by atoms with Crippen molar-refractivity contribution in [2.45, 2.75) is 4.90 Å². The van der Waals surface area contributed by atoms with Crippen LogP contribution >= 0.6 is 0 Å². The van der Waals surface area contributed by atoms with Gasteiger partial charge in [0, 0.05) is 30.5 Å². The molecule has 8 nitrogen and oxygen atoms in total. The predicted octanol–water partition coefficient (Wildman–Crippen LogP) is 2.35. The van der Waals surface area contributed by atoms with E-state index in [0.29, 0.717) is 18.9 Å². The van der Waals surface area contributed by atoms with Gasteiger partial charge >= 0.3 is 0 Å². The second kappa shape index (κ2) is 8.16. The zero-order chi connectivity index (χ0) is 20.3. The minimum absolute atomic E-state index is 0.0101. The number of aromatic amines is 1. The van der Waals surface area contributed by atoms with Crippen molar-refractivity contribution >= 4 is 21.6 Å². The highest BCUT2D eigenvalue weighted by Crippen LogP contribution is 2.24. The highest BCUT2D eigenvalue weighted by atomic mass is 32.2. The molecule has 150 valence electrons. The Morgan fingerprint density at radius 2 is 1.86 bits per heavy atom. The minimum Gasteiger partial charge on any atom is -0.379 e. The van der Waals surface area contributed by atoms with Crippen LogP contribution in [-0.2, 0) is 14.8 Å². The van der Waals surface area contributed by atoms with Crippen LogP contribution in [0, 0.1) is 0 Å². The Balaban J connectivity index is 1.61. The predicted molar refractivity (Wildman–Crippen MR) is 108 cm³/mol. The molecule has 2 heterocycles. The van der Waals surface area contributed by atoms with Gasteiger partial charge in [0.1, 0.15) is 0 Å². The third-order valence-corrected chi connectivity index (χ3v) is 6.61. The average Bonchev–Trinajstić information content (AvgIpc) is 3.30. The number of sulfonamides is 1. The van der Waals surface area contributed by atoms with Crippen LogP contribution in [0.2, 0.25) is 0 Å². The Kier molecular flexibility index (Phi) is 5.43. The van der Waals surface area contributed by atoms with E-state index in [1.807, 2.05) is 18.2 Å². The van der Waals surface area contributed by atoms with E-state index in [1.54, 1.807) is 30.5 Å². The number of nitrogens with one attached hydrogen (secondary N) is 2. The SMILES string of the molecule is O=C(Nc1cccc(-c2ccn[nH]2)c1)c1ccccc1S(=O)(=O)N1CCOCC1. The number of aromatic nitrogens is 2. The van der Waals surface area contributed by atoms with Crippen LogP contribution in [0.25, 0.3) is 11.3 Å². The van der Waals surface area contributed by atoms with Crippen molar-refractivity contribution in [2.24, 2.45) is 0 Å². The Hall–Kier alpha value is -3.01. The molecular formula is C20H20N4O4S. The highest BCUT2D eigenvalue weighted by molar-refractivity contribution is 7.89. The standard InChI is InChI=1S/C20H20N4O4S/c25-20(22-16-5-3-4-15(14-16)18-8-9-21-23-18)17-6-1-2-7-19(17)29(26,27)24-10-12-28-13-11-24/h1-9,14H,10-13H2,(H,21,23)(H,22,25). The molecule has 1 saturated heterocycles. The lowest BCUT2D eigenvalue weighted by Crippen LogP contribution is -2.41. The van der Waals surface area contributed by atoms with Gasteiger partial charge in [-0.05, 0) is 30.3 Å². The lowest BCUT2D eigenvalue weighted by atomic mass is 10.1. The zero-order valence-corrected chi connectivity index (χ0v) is 16.4. The average molecular weight is 412 g/mol. The largest absolute Gasteiger partial charge is 0.379 e. The van der Waals surface area contributed by atoms with Gasteiger partial charge < -0.3 is 10.1 Å². The van der Waals surface area contributed by atoms with Crippen LogP contribution < -0.4 is 5.32 Å². The van der Waals surface area contributed by atoms with E-state index in [1.165, 1.54) is 16.4 Å². The molecule has 0 radical (unpaired) electrons. The first-order valence-corrected chi connectivity index (χ1v) is 10.6. The molecule has 1 amide bonds. The number of H-pyrrole nitrogens is 1. The number of ether oxygens (including phenoxy) is 1. The molecule has 0 unspecified atom stereocenters. The number of carbonyl (C=O) groups is 1. The number of morpholine rings is 1. The molecule has 4 rings (SSSR count). The molecule has 0 atom stereocenters. The second-order valence-electron chi connectivity index (χ2n) is 6.52. The second-order valence-corrected chi connectivity index (χ2v) is 8.42. The maximum Gasteiger partial charge on any atom is 0.257 e. The fourth-order valence-corrected chi connectivity index (χ4v) is 4.78. The van der Waals surface area contributed by atoms with Gasteiger partial charge in [0.25, 0.3) is 5.91 Å². The molecular weight excluding hydrogens is 392 g/mol. The molecule has 0 aliphatic carbocycles. The van der Waals surface area contributed by atoms with Gasteiger partial charge in [0.2, 0.25) is 10.0 Å². The molecule has 1 aliphatic rings. The summed E-state index contributed by atoms with van der Waals surface area (Å²) < 4.78 is 32.7. The third-order valence-electron chi connectivity index (χ3n) is 4.65. The van der Waals surface area contributed by atoms with Crippen molar-refractivity contribution in [1.82, 2.24) is 14.5 Å². The van der Waals surface area contributed by atoms with Crippen LogP contribution in [0.15, 0.2) is 65.7 Å². The normalized spacial score (nSPS) is 15.2. The van der Waals surface area contributed by atoms with Crippen molar-refractivity contribution in [2.75, 3.05) is 31.6 Å². The lowest BCUT2D eigenvalue weighted by Gasteiger charge is -2.26. The van der Waals surface area contributed by atoms with E-state index in [4.69, 9.17) is 4.74 Å². The van der Waals surface area contributed by atoms with Gasteiger partial charge in [0.15, 0.2) is 0 Å². The zero-order valence-electron chi connectivity index (χ0n) is 15.5. The summed E-state index contributed by atoms with van der Waals surface area (Å²) in [5.74, 6) is -0.487. The van der Waals surface area contributed by atoms with Gasteiger partial charge in [-0.3, -0.25) is 9.89 Å². The van der Waals surface area contributed by atoms with Crippen LogP contribution in [0.5, 0.6) is 0 Å². The summed E-state index contributed by atoms with van der Waals surface area (Å²) in [5.41, 5.74) is 2.33. The van der Waals surface area contributed by atoms with Crippen LogP contribution in [-0.4, -0.2) is 55.1 Å². The molecule has 2 N–H and O–H groups in total. The lowest BCUT2D eigenvalue weighted by molar-refractivity contribution is 0.0730. The van der Waals surface area contributed by atoms with Crippen molar-refractivity contribution in [1.29, 1.82) is 0 Å². The summed E-state index contributed by atoms with van der Waals surface area (Å²) >= 11 is 0. The number of carbonyl (C=O) groups excluding carboxylic acids is 1. The first-order valence-electron chi connectivity index (χ1n) is 9.14. The molecule has 1 aliphatic heterocycles. The topological polar surface area (TPSA) is 104 Å². The Bertz CT molecular complexity index is 1110. The molecule has 3 aromatic rings. The molecule has 0 bridgehead atoms. The van der Waals surface area contributed by atoms with Gasteiger partial charge in [-0.15, -0.1) is 0 Å². The number of anilines is 1. The highest BCUT2D eigenvalue weighted by Gasteiger charge is 2.30. The molecule has 0 spiro atoms. The molecule has 2 aromatic carbocycles. The van der Waals surface area contributed by atoms with E-state index in [0.717, 1.165) is 11.3 Å². The van der Waals surface area contributed by atoms with E-state index in [2.05, 4.69) is 15.5 Å².